The second-order valence-corrected chi connectivity index (χ2v) is 7.45. The summed E-state index contributed by atoms with van der Waals surface area (Å²) in [4.78, 5) is 39.4. The first-order valence-corrected chi connectivity index (χ1v) is 10.00. The Morgan fingerprint density at radius 3 is 2.57 bits per heavy atom. The van der Waals surface area contributed by atoms with Gasteiger partial charge < -0.3 is 20.3 Å². The van der Waals surface area contributed by atoms with Gasteiger partial charge in [0.25, 0.3) is 5.91 Å². The number of anilines is 1. The molecule has 1 aliphatic rings. The Bertz CT molecular complexity index is 900. The monoisotopic (exact) mass is 409 g/mol. The van der Waals surface area contributed by atoms with E-state index in [1.807, 2.05) is 37.3 Å². The highest BCUT2D eigenvalue weighted by molar-refractivity contribution is 6.05. The van der Waals surface area contributed by atoms with Crippen LogP contribution in [-0.2, 0) is 20.9 Å². The van der Waals surface area contributed by atoms with Crippen LogP contribution in [0.5, 0.6) is 0 Å². The first-order chi connectivity index (χ1) is 14.5. The summed E-state index contributed by atoms with van der Waals surface area (Å²) in [5.74, 6) is -1.06. The zero-order valence-electron chi connectivity index (χ0n) is 17.3. The van der Waals surface area contributed by atoms with E-state index in [1.54, 1.807) is 36.3 Å². The second kappa shape index (κ2) is 10.0. The van der Waals surface area contributed by atoms with Crippen molar-refractivity contribution >= 4 is 23.4 Å². The van der Waals surface area contributed by atoms with Gasteiger partial charge in [-0.1, -0.05) is 42.5 Å². The smallest absolute Gasteiger partial charge is 0.253 e. The molecule has 2 N–H and O–H groups in total. The van der Waals surface area contributed by atoms with Crippen molar-refractivity contribution in [2.24, 2.45) is 5.92 Å². The van der Waals surface area contributed by atoms with Crippen molar-refractivity contribution < 1.29 is 19.1 Å². The zero-order chi connectivity index (χ0) is 21.5. The summed E-state index contributed by atoms with van der Waals surface area (Å²) >= 11 is 0. The number of likely N-dealkylation sites (tertiary alicyclic amines) is 1. The third kappa shape index (κ3) is 5.24. The third-order valence-electron chi connectivity index (χ3n) is 5.19. The average molecular weight is 409 g/mol. The number of carbonyl (C=O) groups excluding carboxylic acids is 3. The predicted molar refractivity (Wildman–Crippen MR) is 114 cm³/mol. The fraction of sp³-hybridized carbons (Fsp3) is 0.348. The number of hydrogen-bond donors (Lipinski definition) is 2. The van der Waals surface area contributed by atoms with Crippen molar-refractivity contribution in [1.82, 2.24) is 10.2 Å². The van der Waals surface area contributed by atoms with Crippen LogP contribution in [0.1, 0.15) is 29.3 Å². The summed E-state index contributed by atoms with van der Waals surface area (Å²) in [6.45, 7) is 3.06. The van der Waals surface area contributed by atoms with Crippen LogP contribution in [0.2, 0.25) is 0 Å². The van der Waals surface area contributed by atoms with Gasteiger partial charge in [0.15, 0.2) is 0 Å². The highest BCUT2D eigenvalue weighted by Crippen LogP contribution is 2.23. The minimum atomic E-state index is -0.461. The molecular formula is C23H27N3O4. The maximum absolute atomic E-state index is 12.8. The fourth-order valence-electron chi connectivity index (χ4n) is 3.56. The summed E-state index contributed by atoms with van der Waals surface area (Å²) in [6, 6.07) is 16.4. The van der Waals surface area contributed by atoms with Crippen LogP contribution in [0.3, 0.4) is 0 Å². The number of nitrogens with zero attached hydrogens (tertiary/aromatic N) is 1. The third-order valence-corrected chi connectivity index (χ3v) is 5.19. The highest BCUT2D eigenvalue weighted by Gasteiger charge is 2.36. The van der Waals surface area contributed by atoms with E-state index in [4.69, 9.17) is 4.74 Å². The SMILES string of the molecule is COC[C@@H](C)N1C[C@@H](C(=O)Nc2ccccc2C(=O)NCc2ccccc2)CC1=O. The van der Waals surface area contributed by atoms with Crippen LogP contribution >= 0.6 is 0 Å². The van der Waals surface area contributed by atoms with Gasteiger partial charge in [-0.3, -0.25) is 14.4 Å². The van der Waals surface area contributed by atoms with Crippen molar-refractivity contribution in [3.63, 3.8) is 0 Å². The molecule has 1 saturated heterocycles. The summed E-state index contributed by atoms with van der Waals surface area (Å²) in [5, 5.41) is 5.71. The van der Waals surface area contributed by atoms with E-state index in [0.717, 1.165) is 5.56 Å². The molecule has 7 heteroatoms. The molecule has 1 aliphatic heterocycles. The maximum atomic E-state index is 12.8. The minimum absolute atomic E-state index is 0.0615. The van der Waals surface area contributed by atoms with E-state index in [0.29, 0.717) is 30.9 Å². The quantitative estimate of drug-likeness (QED) is 0.701. The van der Waals surface area contributed by atoms with E-state index in [-0.39, 0.29) is 30.2 Å². The summed E-state index contributed by atoms with van der Waals surface area (Å²) in [6.07, 6.45) is 0.155. The summed E-state index contributed by atoms with van der Waals surface area (Å²) in [5.41, 5.74) is 1.81. The number of ether oxygens (including phenoxy) is 1. The molecule has 30 heavy (non-hydrogen) atoms. The van der Waals surface area contributed by atoms with Crippen molar-refractivity contribution in [2.45, 2.75) is 25.9 Å². The Kier molecular flexibility index (Phi) is 7.19. The Morgan fingerprint density at radius 1 is 1.13 bits per heavy atom. The normalized spacial score (nSPS) is 16.9. The Balaban J connectivity index is 1.64. The van der Waals surface area contributed by atoms with E-state index in [9.17, 15) is 14.4 Å². The molecule has 1 heterocycles. The second-order valence-electron chi connectivity index (χ2n) is 7.45. The molecule has 3 amide bonds. The van der Waals surface area contributed by atoms with Gasteiger partial charge in [0.2, 0.25) is 11.8 Å². The van der Waals surface area contributed by atoms with Gasteiger partial charge in [0, 0.05) is 26.6 Å². The molecule has 7 nitrogen and oxygen atoms in total. The molecule has 0 bridgehead atoms. The summed E-state index contributed by atoms with van der Waals surface area (Å²) in [7, 11) is 1.58. The molecule has 3 rings (SSSR count). The standard InChI is InChI=1S/C23H27N3O4/c1-16(15-30-2)26-14-18(12-21(26)27)22(28)25-20-11-7-6-10-19(20)23(29)24-13-17-8-4-3-5-9-17/h3-11,16,18H,12-15H2,1-2H3,(H,24,29)(H,25,28)/t16-,18+/m1/s1. The minimum Gasteiger partial charge on any atom is -0.383 e. The molecule has 2 aromatic carbocycles. The number of amides is 3. The molecule has 0 aliphatic carbocycles. The number of benzene rings is 2. The lowest BCUT2D eigenvalue weighted by atomic mass is 10.1. The number of hydrogen-bond acceptors (Lipinski definition) is 4. The van der Waals surface area contributed by atoms with Crippen molar-refractivity contribution in [2.75, 3.05) is 25.6 Å². The van der Waals surface area contributed by atoms with Crippen LogP contribution in [0.25, 0.3) is 0 Å². The molecule has 158 valence electrons. The van der Waals surface area contributed by atoms with Crippen molar-refractivity contribution in [3.05, 3.63) is 65.7 Å². The van der Waals surface area contributed by atoms with E-state index < -0.39 is 5.92 Å². The van der Waals surface area contributed by atoms with Gasteiger partial charge in [-0.2, -0.15) is 0 Å². The van der Waals surface area contributed by atoms with E-state index >= 15 is 0 Å². The Labute approximate surface area is 176 Å². The molecule has 2 atom stereocenters. The molecule has 0 radical (unpaired) electrons. The molecular weight excluding hydrogens is 382 g/mol. The van der Waals surface area contributed by atoms with Crippen molar-refractivity contribution in [1.29, 1.82) is 0 Å². The number of carbonyl (C=O) groups is 3. The average Bonchev–Trinajstić information content (AvgIpc) is 3.15. The van der Waals surface area contributed by atoms with E-state index in [2.05, 4.69) is 10.6 Å². The molecule has 2 aromatic rings. The number of methoxy groups -OCH3 is 1. The van der Waals surface area contributed by atoms with Crippen LogP contribution in [0.15, 0.2) is 54.6 Å². The van der Waals surface area contributed by atoms with Gasteiger partial charge in [-0.05, 0) is 24.6 Å². The fourth-order valence-corrected chi connectivity index (χ4v) is 3.56. The molecule has 1 fully saturated rings. The van der Waals surface area contributed by atoms with Gasteiger partial charge in [0.1, 0.15) is 0 Å². The van der Waals surface area contributed by atoms with Crippen LogP contribution in [-0.4, -0.2) is 48.9 Å². The van der Waals surface area contributed by atoms with Gasteiger partial charge in [-0.25, -0.2) is 0 Å². The van der Waals surface area contributed by atoms with Crippen LogP contribution in [0, 0.1) is 5.92 Å². The summed E-state index contributed by atoms with van der Waals surface area (Å²) < 4.78 is 5.11. The van der Waals surface area contributed by atoms with Gasteiger partial charge >= 0.3 is 0 Å². The van der Waals surface area contributed by atoms with Gasteiger partial charge in [0.05, 0.1) is 29.8 Å². The predicted octanol–water partition coefficient (Wildman–Crippen LogP) is 2.44. The number of rotatable bonds is 8. The van der Waals surface area contributed by atoms with Crippen molar-refractivity contribution in [3.8, 4) is 0 Å². The van der Waals surface area contributed by atoms with Crippen LogP contribution < -0.4 is 10.6 Å². The lowest BCUT2D eigenvalue weighted by Crippen LogP contribution is -2.38. The number of para-hydroxylation sites is 1. The molecule has 0 saturated carbocycles. The topological polar surface area (TPSA) is 87.7 Å². The Morgan fingerprint density at radius 2 is 1.83 bits per heavy atom. The molecule has 0 aromatic heterocycles. The lowest BCUT2D eigenvalue weighted by Gasteiger charge is -2.24. The van der Waals surface area contributed by atoms with Crippen LogP contribution in [0.4, 0.5) is 5.69 Å². The number of nitrogens with one attached hydrogen (secondary N) is 2. The first-order valence-electron chi connectivity index (χ1n) is 10.00. The lowest BCUT2D eigenvalue weighted by molar-refractivity contribution is -0.130. The maximum Gasteiger partial charge on any atom is 0.253 e. The molecule has 0 spiro atoms. The Hall–Kier alpha value is -3.19. The largest absolute Gasteiger partial charge is 0.383 e. The molecule has 0 unspecified atom stereocenters. The highest BCUT2D eigenvalue weighted by atomic mass is 16.5. The first kappa shape index (κ1) is 21.5. The zero-order valence-corrected chi connectivity index (χ0v) is 17.3. The van der Waals surface area contributed by atoms with Gasteiger partial charge in [-0.15, -0.1) is 0 Å². The van der Waals surface area contributed by atoms with E-state index in [1.165, 1.54) is 0 Å².